The highest BCUT2D eigenvalue weighted by molar-refractivity contribution is 5.96. The number of hydrogen-bond donors (Lipinski definition) is 3. The lowest BCUT2D eigenvalue weighted by molar-refractivity contribution is -0.141. The lowest BCUT2D eigenvalue weighted by atomic mass is 10.0. The Hall–Kier alpha value is -3.15. The van der Waals surface area contributed by atoms with Gasteiger partial charge >= 0.3 is 5.97 Å². The van der Waals surface area contributed by atoms with Gasteiger partial charge in [-0.2, -0.15) is 0 Å². The van der Waals surface area contributed by atoms with E-state index in [9.17, 15) is 19.5 Å². The van der Waals surface area contributed by atoms with Gasteiger partial charge in [-0.05, 0) is 42.7 Å². The average molecular weight is 354 g/mol. The zero-order valence-electron chi connectivity index (χ0n) is 14.8. The molecule has 0 bridgehead atoms. The summed E-state index contributed by atoms with van der Waals surface area (Å²) in [4.78, 5) is 35.4. The minimum atomic E-state index is -1.12. The Bertz CT molecular complexity index is 803. The zero-order valence-corrected chi connectivity index (χ0v) is 14.8. The number of aryl methyl sites for hydroxylation is 2. The predicted molar refractivity (Wildman–Crippen MR) is 98.0 cm³/mol. The van der Waals surface area contributed by atoms with Crippen LogP contribution in [0.1, 0.15) is 27.0 Å². The first kappa shape index (κ1) is 19.2. The number of amides is 2. The Kier molecular flexibility index (Phi) is 6.49. The van der Waals surface area contributed by atoms with Crippen LogP contribution in [0.25, 0.3) is 0 Å². The molecule has 2 rings (SSSR count). The van der Waals surface area contributed by atoms with Crippen LogP contribution >= 0.6 is 0 Å². The van der Waals surface area contributed by atoms with Crippen molar-refractivity contribution in [2.75, 3.05) is 6.54 Å². The highest BCUT2D eigenvalue weighted by Gasteiger charge is 2.21. The van der Waals surface area contributed by atoms with Crippen molar-refractivity contribution in [2.45, 2.75) is 26.3 Å². The molecule has 0 fully saturated rings. The summed E-state index contributed by atoms with van der Waals surface area (Å²) in [6.07, 6.45) is 0.175. The Balaban J connectivity index is 1.92. The monoisotopic (exact) mass is 354 g/mol. The molecule has 0 saturated heterocycles. The number of rotatable bonds is 7. The van der Waals surface area contributed by atoms with Crippen molar-refractivity contribution in [3.63, 3.8) is 0 Å². The highest BCUT2D eigenvalue weighted by Crippen LogP contribution is 2.11. The van der Waals surface area contributed by atoms with Gasteiger partial charge in [0.2, 0.25) is 5.91 Å². The van der Waals surface area contributed by atoms with Gasteiger partial charge in [0.15, 0.2) is 0 Å². The van der Waals surface area contributed by atoms with Gasteiger partial charge in [0.1, 0.15) is 6.04 Å². The third kappa shape index (κ3) is 5.44. The van der Waals surface area contributed by atoms with E-state index < -0.39 is 17.9 Å². The van der Waals surface area contributed by atoms with Crippen LogP contribution in [0.2, 0.25) is 0 Å². The van der Waals surface area contributed by atoms with E-state index in [1.807, 2.05) is 32.0 Å². The third-order valence-corrected chi connectivity index (χ3v) is 4.09. The van der Waals surface area contributed by atoms with E-state index in [1.165, 1.54) is 0 Å². The molecule has 6 nitrogen and oxygen atoms in total. The van der Waals surface area contributed by atoms with Gasteiger partial charge in [0, 0.05) is 12.0 Å². The lowest BCUT2D eigenvalue weighted by Crippen LogP contribution is -2.46. The van der Waals surface area contributed by atoms with Crippen molar-refractivity contribution in [3.05, 3.63) is 70.8 Å². The standard InChI is InChI=1S/C20H22N2O4/c1-13-8-9-15(10-14(13)2)11-17(20(25)26)22-18(23)12-21-19(24)16-6-4-3-5-7-16/h3-10,17H,11-12H2,1-2H3,(H,21,24)(H,22,23)(H,25,26)/t17-/m0/s1. The summed E-state index contributed by atoms with van der Waals surface area (Å²) in [5, 5.41) is 14.3. The molecule has 2 amide bonds. The molecule has 1 atom stereocenters. The summed E-state index contributed by atoms with van der Waals surface area (Å²) in [6, 6.07) is 13.1. The van der Waals surface area contributed by atoms with Gasteiger partial charge in [-0.25, -0.2) is 4.79 Å². The molecule has 2 aromatic carbocycles. The first-order valence-electron chi connectivity index (χ1n) is 8.28. The largest absolute Gasteiger partial charge is 0.480 e. The van der Waals surface area contributed by atoms with Gasteiger partial charge in [-0.15, -0.1) is 0 Å². The first-order valence-corrected chi connectivity index (χ1v) is 8.28. The second-order valence-corrected chi connectivity index (χ2v) is 6.13. The molecule has 0 saturated carbocycles. The van der Waals surface area contributed by atoms with Gasteiger partial charge in [0.05, 0.1) is 6.54 Å². The fourth-order valence-corrected chi connectivity index (χ4v) is 2.46. The molecule has 0 aliphatic carbocycles. The summed E-state index contributed by atoms with van der Waals surface area (Å²) >= 11 is 0. The highest BCUT2D eigenvalue weighted by atomic mass is 16.4. The Labute approximate surface area is 152 Å². The van der Waals surface area contributed by atoms with Gasteiger partial charge < -0.3 is 15.7 Å². The van der Waals surface area contributed by atoms with Crippen LogP contribution in [-0.4, -0.2) is 35.5 Å². The summed E-state index contributed by atoms with van der Waals surface area (Å²) in [5.74, 6) is -2.06. The molecule has 136 valence electrons. The van der Waals surface area contributed by atoms with E-state index in [0.717, 1.165) is 16.7 Å². The average Bonchev–Trinajstić information content (AvgIpc) is 2.62. The fourth-order valence-electron chi connectivity index (χ4n) is 2.46. The Morgan fingerprint density at radius 1 is 1.00 bits per heavy atom. The summed E-state index contributed by atoms with van der Waals surface area (Å²) in [6.45, 7) is 3.64. The van der Waals surface area contributed by atoms with Crippen molar-refractivity contribution < 1.29 is 19.5 Å². The molecule has 0 heterocycles. The molecule has 0 aliphatic heterocycles. The molecule has 0 spiro atoms. The van der Waals surface area contributed by atoms with Crippen molar-refractivity contribution in [1.82, 2.24) is 10.6 Å². The molecule has 0 aromatic heterocycles. The maximum Gasteiger partial charge on any atom is 0.326 e. The maximum atomic E-state index is 12.0. The van der Waals surface area contributed by atoms with Crippen molar-refractivity contribution >= 4 is 17.8 Å². The summed E-state index contributed by atoms with van der Waals surface area (Å²) in [7, 11) is 0. The number of carboxylic acids is 1. The van der Waals surface area contributed by atoms with E-state index in [2.05, 4.69) is 10.6 Å². The quantitative estimate of drug-likeness (QED) is 0.707. The van der Waals surface area contributed by atoms with Crippen LogP contribution in [0.5, 0.6) is 0 Å². The molecule has 6 heteroatoms. The molecule has 26 heavy (non-hydrogen) atoms. The van der Waals surface area contributed by atoms with Gasteiger partial charge in [0.25, 0.3) is 5.91 Å². The fraction of sp³-hybridized carbons (Fsp3) is 0.250. The van der Waals surface area contributed by atoms with E-state index >= 15 is 0 Å². The number of carboxylic acid groups (broad SMARTS) is 1. The van der Waals surface area contributed by atoms with E-state index in [4.69, 9.17) is 0 Å². The maximum absolute atomic E-state index is 12.0. The SMILES string of the molecule is Cc1ccc(C[C@H](NC(=O)CNC(=O)c2ccccc2)C(=O)O)cc1C. The van der Waals surface area contributed by atoms with Crippen LogP contribution in [0, 0.1) is 13.8 Å². The second-order valence-electron chi connectivity index (χ2n) is 6.13. The topological polar surface area (TPSA) is 95.5 Å². The normalized spacial score (nSPS) is 11.5. The summed E-state index contributed by atoms with van der Waals surface area (Å²) in [5.41, 5.74) is 3.45. The predicted octanol–water partition coefficient (Wildman–Crippen LogP) is 1.85. The van der Waals surface area contributed by atoms with Crippen LogP contribution in [0.4, 0.5) is 0 Å². The van der Waals surface area contributed by atoms with Crippen molar-refractivity contribution in [1.29, 1.82) is 0 Å². The Morgan fingerprint density at radius 3 is 2.31 bits per heavy atom. The van der Waals surface area contributed by atoms with Gasteiger partial charge in [-0.1, -0.05) is 36.4 Å². The Morgan fingerprint density at radius 2 is 1.69 bits per heavy atom. The molecule has 0 aliphatic rings. The van der Waals surface area contributed by atoms with Crippen LogP contribution in [0.15, 0.2) is 48.5 Å². The van der Waals surface area contributed by atoms with Crippen molar-refractivity contribution in [2.24, 2.45) is 0 Å². The molecule has 0 unspecified atom stereocenters. The molecule has 3 N–H and O–H groups in total. The number of aliphatic carboxylic acids is 1. The van der Waals surface area contributed by atoms with Crippen LogP contribution in [0.3, 0.4) is 0 Å². The smallest absolute Gasteiger partial charge is 0.326 e. The minimum absolute atomic E-state index is 0.175. The van der Waals surface area contributed by atoms with Crippen molar-refractivity contribution in [3.8, 4) is 0 Å². The second kappa shape index (κ2) is 8.80. The molecule has 0 radical (unpaired) electrons. The lowest BCUT2D eigenvalue weighted by Gasteiger charge is -2.16. The molecule has 2 aromatic rings. The number of nitrogens with one attached hydrogen (secondary N) is 2. The number of carbonyl (C=O) groups is 3. The first-order chi connectivity index (χ1) is 12.4. The van der Waals surface area contributed by atoms with Gasteiger partial charge in [-0.3, -0.25) is 9.59 Å². The number of hydrogen-bond acceptors (Lipinski definition) is 3. The van der Waals surface area contributed by atoms with Crippen LogP contribution in [-0.2, 0) is 16.0 Å². The molecular formula is C20H22N2O4. The molecular weight excluding hydrogens is 332 g/mol. The van der Waals surface area contributed by atoms with E-state index in [-0.39, 0.29) is 18.9 Å². The number of benzene rings is 2. The van der Waals surface area contributed by atoms with E-state index in [0.29, 0.717) is 5.56 Å². The zero-order chi connectivity index (χ0) is 19.1. The number of carbonyl (C=O) groups excluding carboxylic acids is 2. The van der Waals surface area contributed by atoms with Crippen LogP contribution < -0.4 is 10.6 Å². The van der Waals surface area contributed by atoms with E-state index in [1.54, 1.807) is 30.3 Å². The minimum Gasteiger partial charge on any atom is -0.480 e. The summed E-state index contributed by atoms with van der Waals surface area (Å²) < 4.78 is 0. The third-order valence-electron chi connectivity index (χ3n) is 4.09.